The Hall–Kier alpha value is -5.67. The van der Waals surface area contributed by atoms with Crippen molar-refractivity contribution in [2.75, 3.05) is 0 Å². The molecule has 2 N–H and O–H groups in total. The van der Waals surface area contributed by atoms with Crippen molar-refractivity contribution in [1.82, 2.24) is 0 Å². The van der Waals surface area contributed by atoms with Gasteiger partial charge in [-0.25, -0.2) is 0 Å². The molecule has 0 amide bonds. The Bertz CT molecular complexity index is 2850. The number of benzene rings is 8. The molecule has 3 nitrogen and oxygen atoms in total. The van der Waals surface area contributed by atoms with Gasteiger partial charge in [-0.2, -0.15) is 0 Å². The first-order valence-corrected chi connectivity index (χ1v) is 17.6. The Morgan fingerprint density at radius 2 is 0.922 bits per heavy atom. The topological polar surface area (TPSA) is 53.6 Å². The van der Waals surface area contributed by atoms with Gasteiger partial charge in [0.25, 0.3) is 0 Å². The minimum Gasteiger partial charge on any atom is -0.508 e. The van der Waals surface area contributed by atoms with E-state index in [9.17, 15) is 10.2 Å². The SMILES string of the molecule is Bc1c(B)c(B)c2c(-c3ccc4oc5c6ccccc6ccc5c4c3)c3c(O)c(B)c(B)c(O)c3c(-c3ccc(-c4ccccc4)cc3)c2c1B. The van der Waals surface area contributed by atoms with Crippen LogP contribution in [0.4, 0.5) is 0 Å². The van der Waals surface area contributed by atoms with Crippen molar-refractivity contribution in [3.8, 4) is 44.9 Å². The molecule has 0 saturated carbocycles. The van der Waals surface area contributed by atoms with Gasteiger partial charge in [-0.05, 0) is 67.5 Å². The Morgan fingerprint density at radius 3 is 1.57 bits per heavy atom. The van der Waals surface area contributed by atoms with Crippen molar-refractivity contribution < 1.29 is 14.6 Å². The highest BCUT2D eigenvalue weighted by Gasteiger charge is 2.27. The molecule has 8 aromatic carbocycles. The average Bonchev–Trinajstić information content (AvgIpc) is 3.55. The van der Waals surface area contributed by atoms with E-state index in [1.165, 1.54) is 10.9 Å². The van der Waals surface area contributed by atoms with Crippen LogP contribution in [0.25, 0.3) is 87.6 Å². The maximum Gasteiger partial charge on any atom is 0.143 e. The van der Waals surface area contributed by atoms with Crippen LogP contribution in [0.2, 0.25) is 0 Å². The summed E-state index contributed by atoms with van der Waals surface area (Å²) in [6, 6.07) is 37.9. The van der Waals surface area contributed by atoms with Gasteiger partial charge in [-0.15, -0.1) is 10.9 Å². The Labute approximate surface area is 301 Å². The summed E-state index contributed by atoms with van der Waals surface area (Å²) in [6.45, 7) is 0. The van der Waals surface area contributed by atoms with E-state index in [1.54, 1.807) is 0 Å². The van der Waals surface area contributed by atoms with E-state index in [2.05, 4.69) is 122 Å². The third kappa shape index (κ3) is 4.47. The largest absolute Gasteiger partial charge is 0.508 e. The third-order valence-corrected chi connectivity index (χ3v) is 11.6. The van der Waals surface area contributed by atoms with E-state index >= 15 is 0 Å². The molecule has 0 atom stereocenters. The van der Waals surface area contributed by atoms with E-state index in [1.807, 2.05) is 33.9 Å². The second kappa shape index (κ2) is 11.4. The monoisotopic (exact) mass is 650 g/mol. The van der Waals surface area contributed by atoms with Crippen LogP contribution in [0.3, 0.4) is 0 Å². The number of rotatable bonds is 3. The lowest BCUT2D eigenvalue weighted by Crippen LogP contribution is -2.48. The van der Waals surface area contributed by atoms with Gasteiger partial charge in [0.05, 0.1) is 0 Å². The van der Waals surface area contributed by atoms with Gasteiger partial charge in [-0.1, -0.05) is 102 Å². The second-order valence-corrected chi connectivity index (χ2v) is 14.1. The predicted octanol–water partition coefficient (Wildman–Crippen LogP) is 1.01. The van der Waals surface area contributed by atoms with E-state index in [0.29, 0.717) is 21.7 Å². The van der Waals surface area contributed by atoms with Crippen molar-refractivity contribution in [2.24, 2.45) is 0 Å². The lowest BCUT2D eigenvalue weighted by molar-refractivity contribution is 0.476. The molecule has 51 heavy (non-hydrogen) atoms. The molecule has 1 aromatic heterocycles. The van der Waals surface area contributed by atoms with Gasteiger partial charge in [0, 0.05) is 38.1 Å². The van der Waals surface area contributed by atoms with Gasteiger partial charge in [-0.3, -0.25) is 0 Å². The standard InChI is InChI=1S/C42H32B6O3/c43-34-30-28(22-12-10-20(11-13-22)19-6-2-1-3-7-19)32-33(41(50)39(48)38(47)40(32)49)29(31(30)35(44)37(46)36(34)45)23-15-17-27-26(18-23)25-16-14-21-8-4-5-9-24(21)42(25)51-27/h1-18,49-50H,43-48H2. The number of hydrogen-bond acceptors (Lipinski definition) is 3. The van der Waals surface area contributed by atoms with Crippen LogP contribution in [0, 0.1) is 0 Å². The van der Waals surface area contributed by atoms with Crippen molar-refractivity contribution in [1.29, 1.82) is 0 Å². The first kappa shape index (κ1) is 31.3. The summed E-state index contributed by atoms with van der Waals surface area (Å²) in [6.07, 6.45) is 0. The first-order valence-electron chi connectivity index (χ1n) is 17.6. The molecule has 0 aliphatic rings. The Kier molecular flexibility index (Phi) is 7.02. The van der Waals surface area contributed by atoms with Crippen LogP contribution in [-0.4, -0.2) is 57.3 Å². The molecular formula is C42H32B6O3. The number of phenols is 2. The number of furan rings is 1. The highest BCUT2D eigenvalue weighted by molar-refractivity contribution is 6.68. The molecule has 0 spiro atoms. The highest BCUT2D eigenvalue weighted by Crippen LogP contribution is 2.48. The van der Waals surface area contributed by atoms with Crippen LogP contribution < -0.4 is 32.8 Å². The normalized spacial score (nSPS) is 11.8. The number of phenolic OH excluding ortho intramolecular Hbond substituents is 2. The minimum atomic E-state index is 0.192. The fourth-order valence-corrected chi connectivity index (χ4v) is 8.34. The number of hydrogen-bond donors (Lipinski definition) is 2. The third-order valence-electron chi connectivity index (χ3n) is 11.6. The summed E-state index contributed by atoms with van der Waals surface area (Å²) in [4.78, 5) is 0. The summed E-state index contributed by atoms with van der Waals surface area (Å²) in [7, 11) is 12.5. The van der Waals surface area contributed by atoms with E-state index in [0.717, 1.165) is 87.8 Å². The van der Waals surface area contributed by atoms with Crippen LogP contribution >= 0.6 is 0 Å². The van der Waals surface area contributed by atoms with E-state index < -0.39 is 0 Å². The summed E-state index contributed by atoms with van der Waals surface area (Å²) in [5.74, 6) is 0.389. The quantitative estimate of drug-likeness (QED) is 0.171. The van der Waals surface area contributed by atoms with Crippen LogP contribution in [0.1, 0.15) is 0 Å². The average molecular weight is 650 g/mol. The zero-order valence-electron chi connectivity index (χ0n) is 29.7. The number of aromatic hydroxyl groups is 2. The van der Waals surface area contributed by atoms with Crippen molar-refractivity contribution in [3.05, 3.63) is 109 Å². The second-order valence-electron chi connectivity index (χ2n) is 14.1. The number of fused-ring (bicyclic) bond motifs is 7. The van der Waals surface area contributed by atoms with E-state index in [-0.39, 0.29) is 11.5 Å². The molecule has 0 unspecified atom stereocenters. The Morgan fingerprint density at radius 1 is 0.392 bits per heavy atom. The molecule has 9 rings (SSSR count). The molecule has 1 heterocycles. The predicted molar refractivity (Wildman–Crippen MR) is 235 cm³/mol. The molecule has 9 heteroatoms. The van der Waals surface area contributed by atoms with Crippen molar-refractivity contribution in [3.63, 3.8) is 0 Å². The highest BCUT2D eigenvalue weighted by atomic mass is 16.3. The van der Waals surface area contributed by atoms with Gasteiger partial charge in [0.15, 0.2) is 0 Å². The summed E-state index contributed by atoms with van der Waals surface area (Å²) >= 11 is 0. The first-order chi connectivity index (χ1) is 24.7. The minimum absolute atomic E-state index is 0.192. The molecule has 236 valence electrons. The smallest absolute Gasteiger partial charge is 0.143 e. The fourth-order valence-electron chi connectivity index (χ4n) is 8.34. The van der Waals surface area contributed by atoms with Gasteiger partial charge < -0.3 is 14.6 Å². The van der Waals surface area contributed by atoms with Crippen LogP contribution in [-0.2, 0) is 0 Å². The molecule has 0 radical (unpaired) electrons. The summed E-state index contributed by atoms with van der Waals surface area (Å²) in [5, 5.41) is 32.2. The molecule has 0 bridgehead atoms. The molecule has 0 aliphatic heterocycles. The zero-order chi connectivity index (χ0) is 35.3. The zero-order valence-corrected chi connectivity index (χ0v) is 29.7. The molecule has 0 aliphatic carbocycles. The molecular weight excluding hydrogens is 617 g/mol. The van der Waals surface area contributed by atoms with Gasteiger partial charge >= 0.3 is 0 Å². The maximum atomic E-state index is 12.2. The van der Waals surface area contributed by atoms with E-state index in [4.69, 9.17) is 4.42 Å². The van der Waals surface area contributed by atoms with Gasteiger partial charge in [0.2, 0.25) is 0 Å². The van der Waals surface area contributed by atoms with Crippen LogP contribution in [0.15, 0.2) is 114 Å². The lowest BCUT2D eigenvalue weighted by Gasteiger charge is -2.26. The van der Waals surface area contributed by atoms with Crippen LogP contribution in [0.5, 0.6) is 11.5 Å². The maximum absolute atomic E-state index is 12.2. The fraction of sp³-hybridized carbons (Fsp3) is 0. The Balaban J connectivity index is 1.45. The molecule has 0 saturated heterocycles. The molecule has 9 aromatic rings. The summed E-state index contributed by atoms with van der Waals surface area (Å²) < 4.78 is 6.52. The molecule has 0 fully saturated rings. The lowest BCUT2D eigenvalue weighted by atomic mass is 9.62. The van der Waals surface area contributed by atoms with Crippen molar-refractivity contribution >= 4 is 134 Å². The van der Waals surface area contributed by atoms with Crippen molar-refractivity contribution in [2.45, 2.75) is 0 Å². The van der Waals surface area contributed by atoms with Gasteiger partial charge in [0.1, 0.15) is 69.7 Å². The summed E-state index contributed by atoms with van der Waals surface area (Å²) in [5.41, 5.74) is 13.9.